The van der Waals surface area contributed by atoms with Crippen LogP contribution in [0, 0.1) is 0 Å². The van der Waals surface area contributed by atoms with Crippen molar-refractivity contribution in [2.24, 2.45) is 0 Å². The molecule has 0 fully saturated rings. The molecule has 0 spiro atoms. The van der Waals surface area contributed by atoms with E-state index in [1.165, 1.54) is 18.3 Å². The number of ether oxygens (including phenoxy) is 2. The molecule has 0 unspecified atom stereocenters. The molecule has 0 atom stereocenters. The molecular weight excluding hydrogens is 270 g/mol. The summed E-state index contributed by atoms with van der Waals surface area (Å²) in [5.74, 6) is -1.24. The highest BCUT2D eigenvalue weighted by molar-refractivity contribution is 6.29. The first-order valence-electron chi connectivity index (χ1n) is 5.75. The van der Waals surface area contributed by atoms with Crippen LogP contribution in [0.2, 0.25) is 5.15 Å². The summed E-state index contributed by atoms with van der Waals surface area (Å²) in [4.78, 5) is 27.6. The summed E-state index contributed by atoms with van der Waals surface area (Å²) in [5.41, 5.74) is 0.0660. The molecule has 0 aliphatic rings. The van der Waals surface area contributed by atoms with Crippen molar-refractivity contribution in [1.82, 2.24) is 4.98 Å². The van der Waals surface area contributed by atoms with Gasteiger partial charge in [0.1, 0.15) is 17.0 Å². The van der Waals surface area contributed by atoms with Gasteiger partial charge in [0.15, 0.2) is 0 Å². The monoisotopic (exact) mass is 283 g/mol. The van der Waals surface area contributed by atoms with E-state index in [0.29, 0.717) is 6.61 Å². The van der Waals surface area contributed by atoms with Crippen molar-refractivity contribution in [3.05, 3.63) is 40.9 Å². The van der Waals surface area contributed by atoms with E-state index in [1.54, 1.807) is 13.8 Å². The molecule has 1 aromatic rings. The zero-order valence-electron chi connectivity index (χ0n) is 10.7. The molecule has 0 aliphatic carbocycles. The fraction of sp³-hybridized carbons (Fsp3) is 0.308. The van der Waals surface area contributed by atoms with E-state index in [0.717, 1.165) is 6.26 Å². The lowest BCUT2D eigenvalue weighted by molar-refractivity contribution is -0.138. The predicted molar refractivity (Wildman–Crippen MR) is 69.9 cm³/mol. The Morgan fingerprint density at radius 3 is 2.58 bits per heavy atom. The third-order valence-electron chi connectivity index (χ3n) is 2.10. The Hall–Kier alpha value is -1.88. The van der Waals surface area contributed by atoms with Gasteiger partial charge in [-0.25, -0.2) is 9.78 Å². The summed E-state index contributed by atoms with van der Waals surface area (Å²) in [6.07, 6.45) is 2.40. The minimum Gasteiger partial charge on any atom is -0.500 e. The Labute approximate surface area is 116 Å². The second-order valence-electron chi connectivity index (χ2n) is 3.41. The lowest BCUT2D eigenvalue weighted by atomic mass is 10.1. The maximum absolute atomic E-state index is 12.1. The quantitative estimate of drug-likeness (QED) is 0.153. The van der Waals surface area contributed by atoms with Crippen LogP contribution in [0.5, 0.6) is 0 Å². The largest absolute Gasteiger partial charge is 0.500 e. The van der Waals surface area contributed by atoms with Crippen molar-refractivity contribution >= 4 is 23.4 Å². The van der Waals surface area contributed by atoms with Gasteiger partial charge in [-0.1, -0.05) is 11.6 Å². The lowest BCUT2D eigenvalue weighted by Crippen LogP contribution is -2.17. The number of carbonyl (C=O) groups is 2. The van der Waals surface area contributed by atoms with E-state index in [4.69, 9.17) is 21.1 Å². The molecule has 6 heteroatoms. The Morgan fingerprint density at radius 2 is 2.05 bits per heavy atom. The number of pyridine rings is 1. The van der Waals surface area contributed by atoms with Crippen molar-refractivity contribution in [3.63, 3.8) is 0 Å². The van der Waals surface area contributed by atoms with Gasteiger partial charge in [-0.2, -0.15) is 0 Å². The number of rotatable bonds is 6. The number of Topliss-reactive ketones (excluding diaryl/α,β-unsaturated/α-hetero) is 1. The third kappa shape index (κ3) is 4.37. The molecular formula is C13H14ClNO4. The smallest absolute Gasteiger partial charge is 0.345 e. The fourth-order valence-electron chi connectivity index (χ4n) is 1.24. The molecule has 102 valence electrons. The van der Waals surface area contributed by atoms with Crippen molar-refractivity contribution in [1.29, 1.82) is 0 Å². The molecule has 1 heterocycles. The van der Waals surface area contributed by atoms with Crippen LogP contribution in [-0.2, 0) is 14.3 Å². The molecule has 0 saturated carbocycles. The summed E-state index contributed by atoms with van der Waals surface area (Å²) in [5, 5.41) is 0.267. The number of carbonyl (C=O) groups excluding carboxylic acids is 2. The minimum atomic E-state index is -0.726. The van der Waals surface area contributed by atoms with Crippen LogP contribution in [0.1, 0.15) is 24.2 Å². The van der Waals surface area contributed by atoms with Gasteiger partial charge >= 0.3 is 5.97 Å². The molecule has 1 aromatic heterocycles. The van der Waals surface area contributed by atoms with Crippen molar-refractivity contribution in [2.75, 3.05) is 13.2 Å². The molecule has 0 aromatic carbocycles. The second-order valence-corrected chi connectivity index (χ2v) is 3.79. The highest BCUT2D eigenvalue weighted by Gasteiger charge is 2.22. The summed E-state index contributed by atoms with van der Waals surface area (Å²) in [6.45, 7) is 3.92. The van der Waals surface area contributed by atoms with E-state index in [-0.39, 0.29) is 22.9 Å². The average molecular weight is 284 g/mol. The Bertz CT molecular complexity index is 482. The van der Waals surface area contributed by atoms with Gasteiger partial charge in [0.2, 0.25) is 5.78 Å². The average Bonchev–Trinajstić information content (AvgIpc) is 2.40. The molecule has 0 N–H and O–H groups in total. The normalized spacial score (nSPS) is 11.0. The van der Waals surface area contributed by atoms with Crippen LogP contribution in [0.3, 0.4) is 0 Å². The Kier molecular flexibility index (Phi) is 6.02. The van der Waals surface area contributed by atoms with E-state index in [1.807, 2.05) is 0 Å². The molecule has 0 bridgehead atoms. The van der Waals surface area contributed by atoms with Crippen LogP contribution in [-0.4, -0.2) is 30.0 Å². The highest BCUT2D eigenvalue weighted by atomic mass is 35.5. The van der Waals surface area contributed by atoms with Gasteiger partial charge < -0.3 is 9.47 Å². The Balaban J connectivity index is 3.00. The number of hydrogen-bond donors (Lipinski definition) is 0. The molecule has 0 amide bonds. The summed E-state index contributed by atoms with van der Waals surface area (Å²) >= 11 is 5.64. The van der Waals surface area contributed by atoms with E-state index in [2.05, 4.69) is 4.98 Å². The maximum Gasteiger partial charge on any atom is 0.345 e. The number of halogens is 1. The van der Waals surface area contributed by atoms with Crippen molar-refractivity contribution < 1.29 is 19.1 Å². The zero-order chi connectivity index (χ0) is 14.3. The summed E-state index contributed by atoms with van der Waals surface area (Å²) < 4.78 is 9.81. The number of esters is 1. The third-order valence-corrected chi connectivity index (χ3v) is 2.32. The van der Waals surface area contributed by atoms with Crippen LogP contribution in [0.15, 0.2) is 30.2 Å². The molecule has 5 nitrogen and oxygen atoms in total. The molecule has 0 saturated heterocycles. The maximum atomic E-state index is 12.1. The van der Waals surface area contributed by atoms with Gasteiger partial charge in [0, 0.05) is 11.8 Å². The van der Waals surface area contributed by atoms with Gasteiger partial charge in [-0.15, -0.1) is 0 Å². The van der Waals surface area contributed by atoms with E-state index >= 15 is 0 Å². The van der Waals surface area contributed by atoms with Crippen molar-refractivity contribution in [2.45, 2.75) is 13.8 Å². The first kappa shape index (κ1) is 15.2. The summed E-state index contributed by atoms with van der Waals surface area (Å²) in [7, 11) is 0. The van der Waals surface area contributed by atoms with Crippen LogP contribution < -0.4 is 0 Å². The molecule has 1 rings (SSSR count). The van der Waals surface area contributed by atoms with Crippen LogP contribution >= 0.6 is 11.6 Å². The number of ketones is 1. The Morgan fingerprint density at radius 1 is 1.32 bits per heavy atom. The highest BCUT2D eigenvalue weighted by Crippen LogP contribution is 2.12. The number of nitrogens with zero attached hydrogens (tertiary/aromatic N) is 1. The lowest BCUT2D eigenvalue weighted by Gasteiger charge is -2.06. The van der Waals surface area contributed by atoms with E-state index in [9.17, 15) is 9.59 Å². The molecule has 0 aliphatic heterocycles. The van der Waals surface area contributed by atoms with Gasteiger partial charge in [0.05, 0.1) is 13.2 Å². The first-order valence-corrected chi connectivity index (χ1v) is 6.13. The van der Waals surface area contributed by atoms with Crippen molar-refractivity contribution in [3.8, 4) is 0 Å². The van der Waals surface area contributed by atoms with Gasteiger partial charge in [-0.3, -0.25) is 4.79 Å². The topological polar surface area (TPSA) is 65.5 Å². The van der Waals surface area contributed by atoms with Crippen LogP contribution in [0.25, 0.3) is 0 Å². The number of hydrogen-bond acceptors (Lipinski definition) is 5. The fourth-order valence-corrected chi connectivity index (χ4v) is 1.35. The van der Waals surface area contributed by atoms with Gasteiger partial charge in [-0.05, 0) is 26.0 Å². The standard InChI is InChI=1S/C13H14ClNO4/c1-3-18-8-10(13(17)19-4-2)12(16)9-5-6-11(14)15-7-9/h5-8H,3-4H2,1-2H3. The SMILES string of the molecule is CCOC=C(C(=O)OCC)C(=O)c1ccc(Cl)nc1. The second kappa shape index (κ2) is 7.53. The zero-order valence-corrected chi connectivity index (χ0v) is 11.4. The molecule has 0 radical (unpaired) electrons. The van der Waals surface area contributed by atoms with Gasteiger partial charge in [0.25, 0.3) is 0 Å². The number of aromatic nitrogens is 1. The predicted octanol–water partition coefficient (Wildman–Crippen LogP) is 2.40. The minimum absolute atomic E-state index is 0.173. The van der Waals surface area contributed by atoms with E-state index < -0.39 is 11.8 Å². The van der Waals surface area contributed by atoms with Crippen LogP contribution in [0.4, 0.5) is 0 Å². The first-order chi connectivity index (χ1) is 9.10. The summed E-state index contributed by atoms with van der Waals surface area (Å²) in [6, 6.07) is 2.95. The molecule has 19 heavy (non-hydrogen) atoms.